The summed E-state index contributed by atoms with van der Waals surface area (Å²) < 4.78 is 22.8. The molecular weight excluding hydrogens is 210 g/mol. The molecule has 4 heteroatoms. The van der Waals surface area contributed by atoms with Crippen LogP contribution in [-0.2, 0) is 9.84 Å². The molecule has 3 nitrogen and oxygen atoms in total. The first-order valence-corrected chi connectivity index (χ1v) is 7.52. The second-order valence-electron chi connectivity index (χ2n) is 4.35. The van der Waals surface area contributed by atoms with Crippen LogP contribution < -0.4 is 5.32 Å². The molecule has 0 aromatic rings. The van der Waals surface area contributed by atoms with Crippen molar-refractivity contribution in [3.8, 4) is 0 Å². The predicted molar refractivity (Wildman–Crippen MR) is 63.7 cm³/mol. The number of nitrogens with one attached hydrogen (secondary N) is 1. The summed E-state index contributed by atoms with van der Waals surface area (Å²) in [5.41, 5.74) is 0. The van der Waals surface area contributed by atoms with Crippen LogP contribution >= 0.6 is 0 Å². The summed E-state index contributed by atoms with van der Waals surface area (Å²) in [4.78, 5) is 0. The molecule has 0 saturated heterocycles. The van der Waals surface area contributed by atoms with Crippen molar-refractivity contribution in [2.24, 2.45) is 0 Å². The van der Waals surface area contributed by atoms with Crippen molar-refractivity contribution >= 4 is 9.84 Å². The summed E-state index contributed by atoms with van der Waals surface area (Å²) in [5.74, 6) is 0. The Labute approximate surface area is 92.9 Å². The minimum Gasteiger partial charge on any atom is -0.314 e. The Balaban J connectivity index is 2.39. The highest BCUT2D eigenvalue weighted by molar-refractivity contribution is 7.91. The highest BCUT2D eigenvalue weighted by Gasteiger charge is 2.28. The Morgan fingerprint density at radius 2 is 2.20 bits per heavy atom. The molecule has 1 fully saturated rings. The normalized spacial score (nSPS) is 27.5. The highest BCUT2D eigenvalue weighted by Crippen LogP contribution is 2.23. The van der Waals surface area contributed by atoms with E-state index in [1.807, 2.05) is 6.08 Å². The molecule has 1 N–H and O–H groups in total. The van der Waals surface area contributed by atoms with E-state index in [-0.39, 0.29) is 5.25 Å². The van der Waals surface area contributed by atoms with Crippen LogP contribution in [0.1, 0.15) is 32.1 Å². The molecule has 15 heavy (non-hydrogen) atoms. The minimum absolute atomic E-state index is 0.132. The summed E-state index contributed by atoms with van der Waals surface area (Å²) in [6, 6.07) is 0.374. The first-order chi connectivity index (χ1) is 7.04. The number of hydrogen-bond acceptors (Lipinski definition) is 3. The number of rotatable bonds is 5. The fraction of sp³-hybridized carbons (Fsp3) is 0.818. The van der Waals surface area contributed by atoms with Gasteiger partial charge in [-0.25, -0.2) is 8.42 Å². The number of sulfone groups is 1. The van der Waals surface area contributed by atoms with E-state index in [4.69, 9.17) is 0 Å². The van der Waals surface area contributed by atoms with Crippen molar-refractivity contribution in [3.05, 3.63) is 12.7 Å². The molecule has 88 valence electrons. The average Bonchev–Trinajstić information content (AvgIpc) is 2.17. The van der Waals surface area contributed by atoms with Gasteiger partial charge in [0.2, 0.25) is 0 Å². The maximum atomic E-state index is 11.4. The van der Waals surface area contributed by atoms with Crippen LogP contribution in [-0.4, -0.2) is 32.5 Å². The van der Waals surface area contributed by atoms with Crippen LogP contribution in [0.5, 0.6) is 0 Å². The van der Waals surface area contributed by atoms with Gasteiger partial charge in [0.15, 0.2) is 0 Å². The quantitative estimate of drug-likeness (QED) is 0.576. The molecule has 2 atom stereocenters. The highest BCUT2D eigenvalue weighted by atomic mass is 32.2. The van der Waals surface area contributed by atoms with Gasteiger partial charge in [-0.15, -0.1) is 6.58 Å². The van der Waals surface area contributed by atoms with Gasteiger partial charge in [0, 0.05) is 12.3 Å². The lowest BCUT2D eigenvalue weighted by molar-refractivity contribution is 0.375. The third kappa shape index (κ3) is 4.34. The molecule has 0 aromatic carbocycles. The van der Waals surface area contributed by atoms with Crippen molar-refractivity contribution in [2.45, 2.75) is 43.4 Å². The molecule has 0 radical (unpaired) electrons. The van der Waals surface area contributed by atoms with Gasteiger partial charge >= 0.3 is 0 Å². The molecule has 0 spiro atoms. The van der Waals surface area contributed by atoms with E-state index < -0.39 is 9.84 Å². The minimum atomic E-state index is -2.85. The fourth-order valence-corrected chi connectivity index (χ4v) is 3.29. The monoisotopic (exact) mass is 231 g/mol. The van der Waals surface area contributed by atoms with Gasteiger partial charge in [-0.2, -0.15) is 0 Å². The summed E-state index contributed by atoms with van der Waals surface area (Å²) in [7, 11) is -2.85. The SMILES string of the molecule is C=CCCNC1CCCC(S(C)(=O)=O)C1. The van der Waals surface area contributed by atoms with Gasteiger partial charge in [0.25, 0.3) is 0 Å². The zero-order valence-corrected chi connectivity index (χ0v) is 10.2. The van der Waals surface area contributed by atoms with E-state index in [9.17, 15) is 8.42 Å². The Hall–Kier alpha value is -0.350. The molecule has 1 saturated carbocycles. The van der Waals surface area contributed by atoms with E-state index >= 15 is 0 Å². The lowest BCUT2D eigenvalue weighted by Crippen LogP contribution is -2.39. The van der Waals surface area contributed by atoms with Crippen molar-refractivity contribution in [2.75, 3.05) is 12.8 Å². The second kappa shape index (κ2) is 5.66. The smallest absolute Gasteiger partial charge is 0.150 e. The van der Waals surface area contributed by atoms with Gasteiger partial charge in [0.05, 0.1) is 5.25 Å². The van der Waals surface area contributed by atoms with Gasteiger partial charge in [0.1, 0.15) is 9.84 Å². The predicted octanol–water partition coefficient (Wildman–Crippen LogP) is 1.51. The van der Waals surface area contributed by atoms with Crippen LogP contribution in [0.4, 0.5) is 0 Å². The van der Waals surface area contributed by atoms with Gasteiger partial charge < -0.3 is 5.32 Å². The van der Waals surface area contributed by atoms with Crippen molar-refractivity contribution in [3.63, 3.8) is 0 Å². The zero-order valence-electron chi connectivity index (χ0n) is 9.41. The van der Waals surface area contributed by atoms with Gasteiger partial charge in [-0.05, 0) is 32.2 Å². The van der Waals surface area contributed by atoms with Crippen molar-refractivity contribution < 1.29 is 8.42 Å². The number of hydrogen-bond donors (Lipinski definition) is 1. The van der Waals surface area contributed by atoms with E-state index in [0.29, 0.717) is 6.04 Å². The molecule has 0 amide bonds. The molecular formula is C11H21NO2S. The Morgan fingerprint density at radius 3 is 2.80 bits per heavy atom. The topological polar surface area (TPSA) is 46.2 Å². The molecule has 2 unspecified atom stereocenters. The van der Waals surface area contributed by atoms with Crippen LogP contribution in [0.3, 0.4) is 0 Å². The van der Waals surface area contributed by atoms with E-state index in [1.165, 1.54) is 6.26 Å². The van der Waals surface area contributed by atoms with Gasteiger partial charge in [-0.3, -0.25) is 0 Å². The second-order valence-corrected chi connectivity index (χ2v) is 6.67. The zero-order chi connectivity index (χ0) is 11.3. The summed E-state index contributed by atoms with van der Waals surface area (Å²) in [5, 5.41) is 3.26. The molecule has 1 rings (SSSR count). The first kappa shape index (κ1) is 12.7. The molecule has 1 aliphatic rings. The van der Waals surface area contributed by atoms with Crippen LogP contribution in [0.15, 0.2) is 12.7 Å². The van der Waals surface area contributed by atoms with Crippen LogP contribution in [0, 0.1) is 0 Å². The summed E-state index contributed by atoms with van der Waals surface area (Å²) >= 11 is 0. The van der Waals surface area contributed by atoms with E-state index in [0.717, 1.165) is 38.6 Å². The molecule has 1 aliphatic carbocycles. The Bertz CT molecular complexity index is 298. The van der Waals surface area contributed by atoms with Gasteiger partial charge in [-0.1, -0.05) is 12.5 Å². The lowest BCUT2D eigenvalue weighted by Gasteiger charge is -2.28. The third-order valence-electron chi connectivity index (χ3n) is 3.01. The van der Waals surface area contributed by atoms with E-state index in [2.05, 4.69) is 11.9 Å². The van der Waals surface area contributed by atoms with Crippen molar-refractivity contribution in [1.29, 1.82) is 0 Å². The molecule has 0 heterocycles. The van der Waals surface area contributed by atoms with Crippen LogP contribution in [0.2, 0.25) is 0 Å². The third-order valence-corrected chi connectivity index (χ3v) is 4.65. The lowest BCUT2D eigenvalue weighted by atomic mass is 9.95. The molecule has 0 bridgehead atoms. The van der Waals surface area contributed by atoms with Crippen molar-refractivity contribution in [1.82, 2.24) is 5.32 Å². The average molecular weight is 231 g/mol. The standard InChI is InChI=1S/C11H21NO2S/c1-3-4-8-12-10-6-5-7-11(9-10)15(2,13)14/h3,10-12H,1,4-9H2,2H3. The Morgan fingerprint density at radius 1 is 1.47 bits per heavy atom. The van der Waals surface area contributed by atoms with Crippen LogP contribution in [0.25, 0.3) is 0 Å². The fourth-order valence-electron chi connectivity index (χ4n) is 2.11. The maximum Gasteiger partial charge on any atom is 0.150 e. The summed E-state index contributed by atoms with van der Waals surface area (Å²) in [6.45, 7) is 4.57. The maximum absolute atomic E-state index is 11.4. The molecule has 0 aromatic heterocycles. The summed E-state index contributed by atoms with van der Waals surface area (Å²) in [6.07, 6.45) is 7.90. The van der Waals surface area contributed by atoms with E-state index in [1.54, 1.807) is 0 Å². The first-order valence-electron chi connectivity index (χ1n) is 5.57. The molecule has 0 aliphatic heterocycles. The Kier molecular flexibility index (Phi) is 4.80. The largest absolute Gasteiger partial charge is 0.314 e.